The summed E-state index contributed by atoms with van der Waals surface area (Å²) < 4.78 is 14.4. The molecular weight excluding hydrogens is 869 g/mol. The van der Waals surface area contributed by atoms with Gasteiger partial charge in [-0.25, -0.2) is 0 Å². The van der Waals surface area contributed by atoms with Crippen molar-refractivity contribution in [2.75, 3.05) is 9.80 Å². The number of aryl methyl sites for hydroxylation is 5. The first-order chi connectivity index (χ1) is 33.7. The number of fused-ring (bicyclic) bond motifs is 1. The van der Waals surface area contributed by atoms with Crippen molar-refractivity contribution in [3.63, 3.8) is 0 Å². The van der Waals surface area contributed by atoms with Crippen molar-refractivity contribution in [2.24, 2.45) is 5.41 Å². The lowest BCUT2D eigenvalue weighted by molar-refractivity contribution is 0.407. The molecule has 0 radical (unpaired) electrons. The highest BCUT2D eigenvalue weighted by Crippen LogP contribution is 2.49. The maximum Gasteiger partial charge on any atom is 0.158 e. The van der Waals surface area contributed by atoms with Crippen molar-refractivity contribution in [1.29, 1.82) is 0 Å². The van der Waals surface area contributed by atoms with E-state index in [9.17, 15) is 5.11 Å². The SMILES string of the molecule is C=Cc1ccc2c3c(cc/c(=C\N(/C(=C/C)C(Oc4c(C)cccc4C(C)(C)C)=C(C)C)c4cc(C)ccc4C)c13)=CC[C@@H]2N(c1cc(C)ccc1O)c1cccc2c(CC)c(/C(=C\C)C(C)(C)C)oc12. The zero-order valence-electron chi connectivity index (χ0n) is 45.0. The summed E-state index contributed by atoms with van der Waals surface area (Å²) in [6.07, 6.45) is 12.5. The topological polar surface area (TPSA) is 49.1 Å². The lowest BCUT2D eigenvalue weighted by Crippen LogP contribution is -2.30. The molecular formula is C66H74N2O3. The Balaban J connectivity index is 1.40. The number of anilines is 3. The second kappa shape index (κ2) is 19.7. The van der Waals surface area contributed by atoms with Crippen molar-refractivity contribution < 1.29 is 14.3 Å². The fraction of sp³-hybridized carbons (Fsp3) is 0.303. The van der Waals surface area contributed by atoms with Gasteiger partial charge in [0.2, 0.25) is 0 Å². The van der Waals surface area contributed by atoms with Crippen LogP contribution in [0.3, 0.4) is 0 Å². The largest absolute Gasteiger partial charge is 0.506 e. The molecule has 1 aliphatic carbocycles. The van der Waals surface area contributed by atoms with Gasteiger partial charge in [-0.3, -0.25) is 0 Å². The summed E-state index contributed by atoms with van der Waals surface area (Å²) in [5, 5.41) is 17.5. The molecule has 0 aliphatic heterocycles. The molecule has 1 N–H and O–H groups in total. The summed E-state index contributed by atoms with van der Waals surface area (Å²) in [6.45, 7) is 37.1. The van der Waals surface area contributed by atoms with Crippen LogP contribution in [0.25, 0.3) is 45.7 Å². The van der Waals surface area contributed by atoms with Gasteiger partial charge in [0.25, 0.3) is 0 Å². The molecule has 0 saturated carbocycles. The Kier molecular flexibility index (Phi) is 14.0. The van der Waals surface area contributed by atoms with Crippen molar-refractivity contribution in [2.45, 2.75) is 128 Å². The van der Waals surface area contributed by atoms with Gasteiger partial charge in [-0.2, -0.15) is 0 Å². The summed E-state index contributed by atoms with van der Waals surface area (Å²) >= 11 is 0. The minimum Gasteiger partial charge on any atom is -0.506 e. The highest BCUT2D eigenvalue weighted by molar-refractivity contribution is 6.00. The lowest BCUT2D eigenvalue weighted by Gasteiger charge is -2.36. The van der Waals surface area contributed by atoms with Crippen LogP contribution >= 0.6 is 0 Å². The van der Waals surface area contributed by atoms with E-state index in [0.29, 0.717) is 6.42 Å². The minimum absolute atomic E-state index is 0.130. The summed E-state index contributed by atoms with van der Waals surface area (Å²) in [7, 11) is 0. The number of phenolic OH excluding ortho intramolecular Hbond substituents is 1. The van der Waals surface area contributed by atoms with E-state index in [-0.39, 0.29) is 22.6 Å². The number of hydrogen-bond donors (Lipinski definition) is 1. The van der Waals surface area contributed by atoms with E-state index in [2.05, 4.69) is 230 Å². The number of nitrogens with zero attached hydrogens (tertiary/aromatic N) is 2. The van der Waals surface area contributed by atoms with Crippen molar-refractivity contribution in [1.82, 2.24) is 0 Å². The van der Waals surface area contributed by atoms with E-state index >= 15 is 0 Å². The average Bonchev–Trinajstić information content (AvgIpc) is 3.69. The number of allylic oxidation sites excluding steroid dienone is 4. The van der Waals surface area contributed by atoms with Gasteiger partial charge in [0.1, 0.15) is 23.0 Å². The molecule has 366 valence electrons. The molecule has 1 heterocycles. The van der Waals surface area contributed by atoms with Crippen molar-refractivity contribution in [3.8, 4) is 11.5 Å². The Morgan fingerprint density at radius 3 is 2.14 bits per heavy atom. The van der Waals surface area contributed by atoms with Crippen LogP contribution < -0.4 is 25.0 Å². The first-order valence-corrected chi connectivity index (χ1v) is 25.4. The second-order valence-electron chi connectivity index (χ2n) is 21.7. The Morgan fingerprint density at radius 2 is 1.49 bits per heavy atom. The molecule has 5 heteroatoms. The number of hydrogen-bond acceptors (Lipinski definition) is 5. The van der Waals surface area contributed by atoms with Gasteiger partial charge in [-0.1, -0.05) is 152 Å². The monoisotopic (exact) mass is 943 g/mol. The number of phenols is 1. The van der Waals surface area contributed by atoms with Crippen LogP contribution in [-0.4, -0.2) is 5.11 Å². The van der Waals surface area contributed by atoms with E-state index in [1.54, 1.807) is 0 Å². The molecule has 8 rings (SSSR count). The van der Waals surface area contributed by atoms with Crippen LogP contribution in [0.1, 0.15) is 139 Å². The van der Waals surface area contributed by atoms with Crippen LogP contribution in [0.4, 0.5) is 17.1 Å². The van der Waals surface area contributed by atoms with E-state index in [4.69, 9.17) is 9.15 Å². The molecule has 1 aliphatic rings. The maximum atomic E-state index is 12.0. The molecule has 0 saturated heterocycles. The molecule has 7 aromatic rings. The number of para-hydroxylation sites is 2. The normalized spacial score (nSPS) is 14.5. The lowest BCUT2D eigenvalue weighted by atomic mass is 9.83. The van der Waals surface area contributed by atoms with E-state index in [1.807, 2.05) is 18.2 Å². The summed E-state index contributed by atoms with van der Waals surface area (Å²) in [5.74, 6) is 2.85. The molecule has 1 aromatic heterocycles. The van der Waals surface area contributed by atoms with Gasteiger partial charge < -0.3 is 24.1 Å². The van der Waals surface area contributed by atoms with Crippen LogP contribution in [0, 0.1) is 33.1 Å². The number of rotatable bonds is 12. The third-order valence-corrected chi connectivity index (χ3v) is 14.2. The third-order valence-electron chi connectivity index (χ3n) is 14.2. The van der Waals surface area contributed by atoms with Crippen molar-refractivity contribution in [3.05, 3.63) is 194 Å². The zero-order chi connectivity index (χ0) is 51.3. The quantitative estimate of drug-likeness (QED) is 0.0977. The molecule has 1 atom stereocenters. The Labute approximate surface area is 423 Å². The molecule has 0 bridgehead atoms. The van der Waals surface area contributed by atoms with Crippen LogP contribution in [0.5, 0.6) is 11.5 Å². The van der Waals surface area contributed by atoms with Gasteiger partial charge in [-0.05, 0) is 169 Å². The number of aromatic hydroxyl groups is 1. The number of furan rings is 1. The fourth-order valence-corrected chi connectivity index (χ4v) is 10.7. The van der Waals surface area contributed by atoms with E-state index < -0.39 is 0 Å². The highest BCUT2D eigenvalue weighted by Gasteiger charge is 2.33. The first-order valence-electron chi connectivity index (χ1n) is 25.4. The average molecular weight is 943 g/mol. The Morgan fingerprint density at radius 1 is 0.789 bits per heavy atom. The Bertz CT molecular complexity index is 3450. The predicted molar refractivity (Wildman–Crippen MR) is 304 cm³/mol. The molecule has 0 unspecified atom stereocenters. The highest BCUT2D eigenvalue weighted by atomic mass is 16.5. The molecule has 0 spiro atoms. The summed E-state index contributed by atoms with van der Waals surface area (Å²) in [6, 6.07) is 34.3. The molecule has 5 nitrogen and oxygen atoms in total. The maximum absolute atomic E-state index is 12.0. The molecule has 71 heavy (non-hydrogen) atoms. The fourth-order valence-electron chi connectivity index (χ4n) is 10.7. The van der Waals surface area contributed by atoms with E-state index in [1.165, 1.54) is 21.9 Å². The minimum atomic E-state index is -0.210. The second-order valence-corrected chi connectivity index (χ2v) is 21.7. The predicted octanol–water partition coefficient (Wildman–Crippen LogP) is 17.1. The first kappa shape index (κ1) is 50.4. The molecule has 0 amide bonds. The summed E-state index contributed by atoms with van der Waals surface area (Å²) in [5.41, 5.74) is 15.5. The van der Waals surface area contributed by atoms with Gasteiger partial charge >= 0.3 is 0 Å². The standard InChI is InChI=1S/C66H74N2O3/c1-17-45-32-34-50-54(68(57-38-42(8)28-36-58(57)69)55-26-22-24-49-48(18-2)63(71-64(49)55)51(19-3)65(11,12)13)35-33-46-30-31-47(59(45)60(46)50)39-67(56-37-41(7)27-29-43(56)9)53(20-4)61(40(5)6)70-62-44(10)23-21-25-52(62)66(14,15)16/h17,19-34,36-39,54,69H,1,18,35H2,2-16H3/b47-39+,51-19+,53-20+/t54-/m0/s1. The number of benzene rings is 6. The Hall–Kier alpha value is -6.98. The van der Waals surface area contributed by atoms with Gasteiger partial charge in [0.15, 0.2) is 5.58 Å². The third kappa shape index (κ3) is 9.40. The van der Waals surface area contributed by atoms with Gasteiger partial charge in [0.05, 0.1) is 23.1 Å². The number of ether oxygens (including phenoxy) is 1. The van der Waals surface area contributed by atoms with Crippen LogP contribution in [0.2, 0.25) is 0 Å². The van der Waals surface area contributed by atoms with E-state index in [0.717, 1.165) is 112 Å². The molecule has 0 fully saturated rings. The zero-order valence-corrected chi connectivity index (χ0v) is 45.0. The summed E-state index contributed by atoms with van der Waals surface area (Å²) in [4.78, 5) is 4.66. The van der Waals surface area contributed by atoms with Crippen LogP contribution in [0.15, 0.2) is 137 Å². The van der Waals surface area contributed by atoms with Gasteiger partial charge in [0, 0.05) is 28.4 Å². The van der Waals surface area contributed by atoms with Crippen molar-refractivity contribution >= 4 is 62.7 Å². The molecule has 6 aromatic carbocycles. The smallest absolute Gasteiger partial charge is 0.158 e. The van der Waals surface area contributed by atoms with Crippen LogP contribution in [-0.2, 0) is 11.8 Å². The van der Waals surface area contributed by atoms with Gasteiger partial charge in [-0.15, -0.1) is 0 Å².